The summed E-state index contributed by atoms with van der Waals surface area (Å²) in [5.41, 5.74) is 10.3. The Morgan fingerprint density at radius 2 is 1.72 bits per heavy atom. The van der Waals surface area contributed by atoms with Gasteiger partial charge in [-0.05, 0) is 50.1 Å². The number of nitrogens with one attached hydrogen (secondary N) is 3. The van der Waals surface area contributed by atoms with E-state index in [-0.39, 0.29) is 42.1 Å². The van der Waals surface area contributed by atoms with Gasteiger partial charge < -0.3 is 32.3 Å². The number of H-pyrrole nitrogens is 1. The molecule has 0 bridgehead atoms. The molecule has 14 heteroatoms. The molecular weight excluding hydrogens is 508 g/mol. The lowest BCUT2D eigenvalue weighted by molar-refractivity contribution is -0.146. The molecule has 1 aromatic carbocycles. The van der Waals surface area contributed by atoms with Crippen LogP contribution in [0.5, 0.6) is 0 Å². The molecule has 14 nitrogen and oxygen atoms in total. The van der Waals surface area contributed by atoms with Crippen molar-refractivity contribution in [3.63, 3.8) is 0 Å². The summed E-state index contributed by atoms with van der Waals surface area (Å²) in [6, 6.07) is 6.30. The number of carbonyl (C=O) groups is 3. The number of rotatable bonds is 15. The number of nitrogens with two attached hydrogens (primary N) is 2. The maximum absolute atomic E-state index is 13.0. The molecule has 39 heavy (non-hydrogen) atoms. The molecule has 0 aliphatic carbocycles. The molecule has 2 aromatic heterocycles. The summed E-state index contributed by atoms with van der Waals surface area (Å²) < 4.78 is 0. The van der Waals surface area contributed by atoms with E-state index in [9.17, 15) is 24.3 Å². The van der Waals surface area contributed by atoms with E-state index in [0.717, 1.165) is 19.3 Å². The van der Waals surface area contributed by atoms with Crippen molar-refractivity contribution in [1.29, 1.82) is 0 Å². The molecule has 0 saturated carbocycles. The van der Waals surface area contributed by atoms with Crippen molar-refractivity contribution in [1.82, 2.24) is 25.3 Å². The molecule has 3 aromatic rings. The van der Waals surface area contributed by atoms with E-state index < -0.39 is 35.4 Å². The van der Waals surface area contributed by atoms with Crippen LogP contribution in [0.4, 0.5) is 11.6 Å². The van der Waals surface area contributed by atoms with Gasteiger partial charge in [0.25, 0.3) is 11.5 Å². The first-order chi connectivity index (χ1) is 18.6. The molecule has 208 valence electrons. The molecule has 0 aliphatic heterocycles. The van der Waals surface area contributed by atoms with Gasteiger partial charge in [0.2, 0.25) is 5.95 Å². The highest BCUT2D eigenvalue weighted by atomic mass is 16.4. The van der Waals surface area contributed by atoms with Gasteiger partial charge >= 0.3 is 11.9 Å². The smallest absolute Gasteiger partial charge is 0.329 e. The van der Waals surface area contributed by atoms with Gasteiger partial charge in [0, 0.05) is 17.7 Å². The molecule has 1 atom stereocenters. The first-order valence-corrected chi connectivity index (χ1v) is 12.5. The molecule has 9 N–H and O–H groups in total. The third-order valence-corrected chi connectivity index (χ3v) is 6.19. The van der Waals surface area contributed by atoms with Crippen molar-refractivity contribution in [3.8, 4) is 0 Å². The largest absolute Gasteiger partial charge is 0.481 e. The fourth-order valence-electron chi connectivity index (χ4n) is 4.04. The van der Waals surface area contributed by atoms with Gasteiger partial charge in [-0.2, -0.15) is 4.98 Å². The van der Waals surface area contributed by atoms with Gasteiger partial charge in [-0.1, -0.05) is 19.3 Å². The predicted octanol–water partition coefficient (Wildman–Crippen LogP) is 1.23. The molecule has 0 saturated heterocycles. The van der Waals surface area contributed by atoms with E-state index in [0.29, 0.717) is 24.3 Å². The van der Waals surface area contributed by atoms with E-state index >= 15 is 0 Å². The van der Waals surface area contributed by atoms with Crippen LogP contribution in [0.1, 0.15) is 61.0 Å². The fourth-order valence-corrected chi connectivity index (χ4v) is 4.04. The Morgan fingerprint density at radius 1 is 1.00 bits per heavy atom. The number of aliphatic carboxylic acids is 2. The Hall–Kier alpha value is -4.59. The Morgan fingerprint density at radius 3 is 2.38 bits per heavy atom. The van der Waals surface area contributed by atoms with E-state index in [1.54, 1.807) is 12.1 Å². The molecule has 0 unspecified atom stereocenters. The third kappa shape index (κ3) is 7.95. The third-order valence-electron chi connectivity index (χ3n) is 6.19. The van der Waals surface area contributed by atoms with Crippen molar-refractivity contribution in [2.24, 2.45) is 5.73 Å². The van der Waals surface area contributed by atoms with Gasteiger partial charge in [0.15, 0.2) is 11.2 Å². The normalized spacial score (nSPS) is 12.5. The molecule has 3 rings (SSSR count). The number of unbranched alkanes of at least 4 members (excludes halogenated alkanes) is 3. The van der Waals surface area contributed by atoms with Crippen molar-refractivity contribution < 1.29 is 24.6 Å². The summed E-state index contributed by atoms with van der Waals surface area (Å²) in [6.45, 7) is 0.757. The first kappa shape index (κ1) is 29.0. The van der Waals surface area contributed by atoms with Crippen LogP contribution >= 0.6 is 0 Å². The van der Waals surface area contributed by atoms with Crippen LogP contribution in [0.2, 0.25) is 0 Å². The lowest BCUT2D eigenvalue weighted by Crippen LogP contribution is -2.54. The Bertz CT molecular complexity index is 1380. The summed E-state index contributed by atoms with van der Waals surface area (Å²) in [7, 11) is 0. The zero-order valence-corrected chi connectivity index (χ0v) is 21.3. The summed E-state index contributed by atoms with van der Waals surface area (Å²) in [5.74, 6) is -3.10. The number of amides is 1. The zero-order valence-electron chi connectivity index (χ0n) is 21.3. The standard InChI is InChI=1S/C25H32N8O6/c26-12-4-2-1-3-10-25(23(38)39,11-9-18(34)35)33-21(36)15-5-7-16(8-6-15)28-13-17-14-29-20-19(30-17)22(37)32-24(27)31-20/h5-8,14,28H,1-4,9-13,26H2,(H,33,36)(H,34,35)(H,38,39)(H3,27,29,31,32,37)/t25-/m0/s1. The minimum Gasteiger partial charge on any atom is -0.481 e. The number of nitrogens with zero attached hydrogens (tertiary/aromatic N) is 3. The summed E-state index contributed by atoms with van der Waals surface area (Å²) in [4.78, 5) is 63.1. The number of nitrogen functional groups attached to an aromatic ring is 1. The lowest BCUT2D eigenvalue weighted by Gasteiger charge is -2.30. The molecule has 0 aliphatic rings. The fraction of sp³-hybridized carbons (Fsp3) is 0.400. The Labute approximate surface area is 223 Å². The average molecular weight is 541 g/mol. The number of carbonyl (C=O) groups excluding carboxylic acids is 1. The number of hydrogen-bond donors (Lipinski definition) is 7. The van der Waals surface area contributed by atoms with E-state index in [1.165, 1.54) is 18.3 Å². The highest BCUT2D eigenvalue weighted by molar-refractivity contribution is 5.98. The molecule has 0 fully saturated rings. The van der Waals surface area contributed by atoms with Gasteiger partial charge in [-0.3, -0.25) is 19.4 Å². The second kappa shape index (κ2) is 13.3. The zero-order chi connectivity index (χ0) is 28.4. The van der Waals surface area contributed by atoms with Crippen LogP contribution in [0.25, 0.3) is 11.2 Å². The van der Waals surface area contributed by atoms with Crippen LogP contribution in [-0.4, -0.2) is 60.1 Å². The maximum Gasteiger partial charge on any atom is 0.329 e. The van der Waals surface area contributed by atoms with Crippen LogP contribution in [0.15, 0.2) is 35.3 Å². The van der Waals surface area contributed by atoms with Crippen LogP contribution < -0.4 is 27.7 Å². The molecule has 1 amide bonds. The molecular formula is C25H32N8O6. The minimum atomic E-state index is -1.71. The number of carboxylic acid groups (broad SMARTS) is 2. The second-order valence-electron chi connectivity index (χ2n) is 9.10. The summed E-state index contributed by atoms with van der Waals surface area (Å²) in [6.07, 6.45) is 3.77. The van der Waals surface area contributed by atoms with Crippen molar-refractivity contribution >= 4 is 40.6 Å². The number of fused-ring (bicyclic) bond motifs is 1. The number of benzene rings is 1. The molecule has 0 spiro atoms. The quantitative estimate of drug-likeness (QED) is 0.135. The maximum atomic E-state index is 13.0. The highest BCUT2D eigenvalue weighted by Crippen LogP contribution is 2.24. The minimum absolute atomic E-state index is 0.0539. The number of aromatic nitrogens is 4. The van der Waals surface area contributed by atoms with Gasteiger partial charge in [-0.15, -0.1) is 0 Å². The van der Waals surface area contributed by atoms with Crippen molar-refractivity contribution in [2.75, 3.05) is 17.6 Å². The van der Waals surface area contributed by atoms with Gasteiger partial charge in [0.05, 0.1) is 18.4 Å². The number of carboxylic acids is 2. The van der Waals surface area contributed by atoms with E-state index in [4.69, 9.17) is 16.6 Å². The Kier molecular flexibility index (Phi) is 9.86. The molecule has 0 radical (unpaired) electrons. The lowest BCUT2D eigenvalue weighted by atomic mass is 9.86. The van der Waals surface area contributed by atoms with Crippen LogP contribution in [0.3, 0.4) is 0 Å². The average Bonchev–Trinajstić information content (AvgIpc) is 2.90. The van der Waals surface area contributed by atoms with Gasteiger partial charge in [0.1, 0.15) is 5.54 Å². The van der Waals surface area contributed by atoms with Crippen LogP contribution in [-0.2, 0) is 16.1 Å². The highest BCUT2D eigenvalue weighted by Gasteiger charge is 2.40. The number of anilines is 2. The van der Waals surface area contributed by atoms with Gasteiger partial charge in [-0.25, -0.2) is 14.8 Å². The number of hydrogen-bond acceptors (Lipinski definition) is 10. The first-order valence-electron chi connectivity index (χ1n) is 12.5. The summed E-state index contributed by atoms with van der Waals surface area (Å²) in [5, 5.41) is 24.8. The van der Waals surface area contributed by atoms with Crippen molar-refractivity contribution in [3.05, 3.63) is 52.1 Å². The van der Waals surface area contributed by atoms with E-state index in [1.807, 2.05) is 0 Å². The van der Waals surface area contributed by atoms with Crippen molar-refractivity contribution in [2.45, 2.75) is 57.0 Å². The second-order valence-corrected chi connectivity index (χ2v) is 9.10. The monoisotopic (exact) mass is 540 g/mol. The predicted molar refractivity (Wildman–Crippen MR) is 143 cm³/mol. The van der Waals surface area contributed by atoms with Crippen LogP contribution in [0, 0.1) is 0 Å². The van der Waals surface area contributed by atoms with E-state index in [2.05, 4.69) is 30.6 Å². The number of aromatic amines is 1. The topological polar surface area (TPSA) is 239 Å². The Balaban J connectivity index is 1.67. The SMILES string of the molecule is NCCCCCC[C@@](CCC(=O)O)(NC(=O)c1ccc(NCc2cnc3nc(N)[nH]c(=O)c3n2)cc1)C(=O)O. The summed E-state index contributed by atoms with van der Waals surface area (Å²) >= 11 is 0. The molecule has 2 heterocycles.